The van der Waals surface area contributed by atoms with Crippen LogP contribution in [0.1, 0.15) is 29.3 Å². The molecular weight excluding hydrogens is 276 g/mol. The van der Waals surface area contributed by atoms with Gasteiger partial charge in [0.1, 0.15) is 11.5 Å². The summed E-state index contributed by atoms with van der Waals surface area (Å²) in [4.78, 5) is 12.2. The predicted molar refractivity (Wildman–Crippen MR) is 88.6 cm³/mol. The molecule has 114 valence electrons. The summed E-state index contributed by atoms with van der Waals surface area (Å²) in [5.74, 6) is 1.67. The van der Waals surface area contributed by atoms with Crippen LogP contribution in [0.4, 0.5) is 0 Å². The Hall–Kier alpha value is -2.55. The lowest BCUT2D eigenvalue weighted by atomic mass is 10.0. The van der Waals surface area contributed by atoms with Gasteiger partial charge in [0.2, 0.25) is 0 Å². The van der Waals surface area contributed by atoms with Crippen molar-refractivity contribution < 1.29 is 14.3 Å². The summed E-state index contributed by atoms with van der Waals surface area (Å²) in [6.07, 6.45) is 2.33. The Morgan fingerprint density at radius 2 is 1.32 bits per heavy atom. The van der Waals surface area contributed by atoms with Gasteiger partial charge < -0.3 is 9.47 Å². The number of rotatable bonds is 6. The lowest BCUT2D eigenvalue weighted by Crippen LogP contribution is -1.97. The van der Waals surface area contributed by atoms with Crippen LogP contribution in [0.2, 0.25) is 0 Å². The number of methoxy groups -OCH3 is 2. The Morgan fingerprint density at radius 1 is 0.864 bits per heavy atom. The fraction of sp³-hybridized carbons (Fsp3) is 0.211. The zero-order chi connectivity index (χ0) is 15.9. The Balaban J connectivity index is 2.03. The number of hydrogen-bond acceptors (Lipinski definition) is 3. The van der Waals surface area contributed by atoms with E-state index in [1.54, 1.807) is 38.5 Å². The highest BCUT2D eigenvalue weighted by atomic mass is 16.5. The van der Waals surface area contributed by atoms with E-state index in [-0.39, 0.29) is 5.78 Å². The van der Waals surface area contributed by atoms with Crippen molar-refractivity contribution in [2.45, 2.75) is 13.3 Å². The first-order valence-corrected chi connectivity index (χ1v) is 7.12. The van der Waals surface area contributed by atoms with Crippen LogP contribution in [0.3, 0.4) is 0 Å². The van der Waals surface area contributed by atoms with Crippen LogP contribution in [-0.2, 0) is 0 Å². The summed E-state index contributed by atoms with van der Waals surface area (Å²) in [7, 11) is 3.25. The molecule has 3 heteroatoms. The first-order chi connectivity index (χ1) is 10.6. The average Bonchev–Trinajstić information content (AvgIpc) is 2.59. The van der Waals surface area contributed by atoms with Crippen LogP contribution in [0.25, 0.3) is 5.57 Å². The van der Waals surface area contributed by atoms with E-state index >= 15 is 0 Å². The fourth-order valence-corrected chi connectivity index (χ4v) is 2.11. The molecule has 2 aromatic rings. The van der Waals surface area contributed by atoms with Crippen molar-refractivity contribution in [2.75, 3.05) is 14.2 Å². The summed E-state index contributed by atoms with van der Waals surface area (Å²) in [5, 5.41) is 0. The molecule has 0 aliphatic carbocycles. The van der Waals surface area contributed by atoms with E-state index in [2.05, 4.69) is 0 Å². The van der Waals surface area contributed by atoms with Gasteiger partial charge in [0.05, 0.1) is 14.2 Å². The third-order valence-corrected chi connectivity index (χ3v) is 3.55. The van der Waals surface area contributed by atoms with E-state index in [0.29, 0.717) is 12.0 Å². The van der Waals surface area contributed by atoms with Crippen molar-refractivity contribution in [1.29, 1.82) is 0 Å². The molecule has 0 atom stereocenters. The molecule has 0 heterocycles. The van der Waals surface area contributed by atoms with Gasteiger partial charge in [-0.15, -0.1) is 0 Å². The first kappa shape index (κ1) is 15.8. The van der Waals surface area contributed by atoms with Crippen molar-refractivity contribution in [3.8, 4) is 11.5 Å². The lowest BCUT2D eigenvalue weighted by molar-refractivity contribution is 0.0996. The number of hydrogen-bond donors (Lipinski definition) is 0. The molecule has 0 saturated carbocycles. The molecule has 0 N–H and O–H groups in total. The molecule has 0 aliphatic rings. The average molecular weight is 296 g/mol. The van der Waals surface area contributed by atoms with Crippen LogP contribution in [0.15, 0.2) is 54.6 Å². The topological polar surface area (TPSA) is 35.5 Å². The second kappa shape index (κ2) is 7.46. The van der Waals surface area contributed by atoms with Gasteiger partial charge in [-0.1, -0.05) is 18.2 Å². The van der Waals surface area contributed by atoms with Crippen molar-refractivity contribution in [3.63, 3.8) is 0 Å². The molecule has 2 rings (SSSR count). The van der Waals surface area contributed by atoms with E-state index in [0.717, 1.165) is 22.6 Å². The Kier molecular flexibility index (Phi) is 5.37. The number of benzene rings is 2. The minimum Gasteiger partial charge on any atom is -0.497 e. The fourth-order valence-electron chi connectivity index (χ4n) is 2.11. The zero-order valence-corrected chi connectivity index (χ0v) is 13.1. The monoisotopic (exact) mass is 296 g/mol. The van der Waals surface area contributed by atoms with E-state index in [9.17, 15) is 4.79 Å². The molecule has 0 aromatic heterocycles. The Morgan fingerprint density at radius 3 is 1.77 bits per heavy atom. The Labute approximate surface area is 131 Å². The van der Waals surface area contributed by atoms with Gasteiger partial charge in [-0.2, -0.15) is 0 Å². The van der Waals surface area contributed by atoms with Gasteiger partial charge in [0.25, 0.3) is 0 Å². The van der Waals surface area contributed by atoms with Crippen molar-refractivity contribution in [1.82, 2.24) is 0 Å². The number of carbonyl (C=O) groups is 1. The highest BCUT2D eigenvalue weighted by molar-refractivity contribution is 5.97. The summed E-state index contributed by atoms with van der Waals surface area (Å²) >= 11 is 0. The van der Waals surface area contributed by atoms with Crippen LogP contribution in [-0.4, -0.2) is 20.0 Å². The maximum absolute atomic E-state index is 12.2. The maximum atomic E-state index is 12.2. The molecule has 0 aliphatic heterocycles. The molecule has 0 radical (unpaired) electrons. The minimum atomic E-state index is 0.0931. The van der Waals surface area contributed by atoms with Gasteiger partial charge in [-0.25, -0.2) is 0 Å². The SMILES string of the molecule is COc1ccc(C(=O)C/C=C(\C)c2ccc(OC)cc2)cc1. The molecule has 0 saturated heterocycles. The summed E-state index contributed by atoms with van der Waals surface area (Å²) < 4.78 is 10.2. The summed E-state index contributed by atoms with van der Waals surface area (Å²) in [5.41, 5.74) is 2.85. The van der Waals surface area contributed by atoms with Crippen molar-refractivity contribution >= 4 is 11.4 Å². The molecule has 0 unspecified atom stereocenters. The second-order valence-electron chi connectivity index (χ2n) is 4.97. The molecule has 2 aromatic carbocycles. The molecule has 0 fully saturated rings. The second-order valence-corrected chi connectivity index (χ2v) is 4.97. The lowest BCUT2D eigenvalue weighted by Gasteiger charge is -2.05. The third kappa shape index (κ3) is 3.98. The third-order valence-electron chi connectivity index (χ3n) is 3.55. The van der Waals surface area contributed by atoms with Crippen molar-refractivity contribution in [3.05, 3.63) is 65.7 Å². The van der Waals surface area contributed by atoms with Gasteiger partial charge >= 0.3 is 0 Å². The van der Waals surface area contributed by atoms with Gasteiger partial charge in [-0.05, 0) is 54.5 Å². The number of ketones is 1. The largest absolute Gasteiger partial charge is 0.497 e. The predicted octanol–water partition coefficient (Wildman–Crippen LogP) is 4.38. The standard InChI is InChI=1S/C19H20O3/c1-14(15-5-9-17(21-2)10-6-15)4-13-19(20)16-7-11-18(22-3)12-8-16/h4-12H,13H2,1-3H3/b14-4+. The van der Waals surface area contributed by atoms with E-state index < -0.39 is 0 Å². The van der Waals surface area contributed by atoms with Crippen LogP contribution in [0, 0.1) is 0 Å². The van der Waals surface area contributed by atoms with E-state index in [1.807, 2.05) is 37.3 Å². The summed E-state index contributed by atoms with van der Waals surface area (Å²) in [6.45, 7) is 2.00. The van der Waals surface area contributed by atoms with Crippen molar-refractivity contribution in [2.24, 2.45) is 0 Å². The normalized spacial score (nSPS) is 11.1. The highest BCUT2D eigenvalue weighted by Gasteiger charge is 2.05. The maximum Gasteiger partial charge on any atom is 0.166 e. The quantitative estimate of drug-likeness (QED) is 0.742. The smallest absolute Gasteiger partial charge is 0.166 e. The molecular formula is C19H20O3. The Bertz CT molecular complexity index is 652. The molecule has 3 nitrogen and oxygen atoms in total. The molecule has 0 bridgehead atoms. The van der Waals surface area contributed by atoms with Crippen LogP contribution < -0.4 is 9.47 Å². The van der Waals surface area contributed by atoms with Crippen LogP contribution >= 0.6 is 0 Å². The number of allylic oxidation sites excluding steroid dienone is 2. The first-order valence-electron chi connectivity index (χ1n) is 7.12. The number of Topliss-reactive ketones (excluding diaryl/α,β-unsaturated/α-hetero) is 1. The van der Waals surface area contributed by atoms with Gasteiger partial charge in [0, 0.05) is 12.0 Å². The number of ether oxygens (including phenoxy) is 2. The number of carbonyl (C=O) groups excluding carboxylic acids is 1. The molecule has 22 heavy (non-hydrogen) atoms. The zero-order valence-electron chi connectivity index (χ0n) is 13.1. The minimum absolute atomic E-state index is 0.0931. The van der Waals surface area contributed by atoms with Gasteiger partial charge in [-0.3, -0.25) is 4.79 Å². The molecule has 0 amide bonds. The van der Waals surface area contributed by atoms with Crippen LogP contribution in [0.5, 0.6) is 11.5 Å². The molecule has 0 spiro atoms. The van der Waals surface area contributed by atoms with E-state index in [4.69, 9.17) is 9.47 Å². The summed E-state index contributed by atoms with van der Waals surface area (Å²) in [6, 6.07) is 15.0. The highest BCUT2D eigenvalue weighted by Crippen LogP contribution is 2.19. The van der Waals surface area contributed by atoms with Gasteiger partial charge in [0.15, 0.2) is 5.78 Å². The van der Waals surface area contributed by atoms with E-state index in [1.165, 1.54) is 0 Å².